The van der Waals surface area contributed by atoms with Crippen LogP contribution < -0.4 is 10.9 Å². The first-order valence-corrected chi connectivity index (χ1v) is 5.36. The van der Waals surface area contributed by atoms with Crippen molar-refractivity contribution in [2.24, 2.45) is 5.92 Å². The molecule has 16 heavy (non-hydrogen) atoms. The predicted octanol–water partition coefficient (Wildman–Crippen LogP) is 1.16. The number of hydrogen-bond donors (Lipinski definition) is 2. The molecule has 90 valence electrons. The number of H-pyrrole nitrogens is 1. The van der Waals surface area contributed by atoms with Gasteiger partial charge in [0.1, 0.15) is 11.6 Å². The van der Waals surface area contributed by atoms with E-state index in [1.165, 1.54) is 6.07 Å². The van der Waals surface area contributed by atoms with Gasteiger partial charge in [0.05, 0.1) is 12.6 Å². The standard InChI is InChI=1S/C11H19N3O2/c1-7(2)9(6-16-4)14-10-5-11(15)13-8(3)12-10/h5,7,9H,6H2,1-4H3,(H2,12,13,14,15). The minimum atomic E-state index is -0.144. The summed E-state index contributed by atoms with van der Waals surface area (Å²) in [5.41, 5.74) is -0.144. The van der Waals surface area contributed by atoms with E-state index in [-0.39, 0.29) is 11.6 Å². The normalized spacial score (nSPS) is 12.8. The third-order valence-electron chi connectivity index (χ3n) is 2.34. The fourth-order valence-electron chi connectivity index (χ4n) is 1.42. The van der Waals surface area contributed by atoms with Crippen molar-refractivity contribution in [1.82, 2.24) is 9.97 Å². The summed E-state index contributed by atoms with van der Waals surface area (Å²) in [6, 6.07) is 1.61. The van der Waals surface area contributed by atoms with Crippen LogP contribution in [0.4, 0.5) is 5.82 Å². The lowest BCUT2D eigenvalue weighted by molar-refractivity contribution is 0.171. The monoisotopic (exact) mass is 225 g/mol. The maximum atomic E-state index is 11.3. The van der Waals surface area contributed by atoms with Crippen molar-refractivity contribution in [3.8, 4) is 0 Å². The van der Waals surface area contributed by atoms with E-state index in [1.807, 2.05) is 0 Å². The topological polar surface area (TPSA) is 67.0 Å². The Balaban J connectivity index is 2.80. The maximum Gasteiger partial charge on any atom is 0.252 e. The number of nitrogens with one attached hydrogen (secondary N) is 2. The Morgan fingerprint density at radius 3 is 2.75 bits per heavy atom. The molecule has 1 atom stereocenters. The highest BCUT2D eigenvalue weighted by atomic mass is 16.5. The molecule has 1 aromatic heterocycles. The van der Waals surface area contributed by atoms with Crippen molar-refractivity contribution in [2.75, 3.05) is 19.0 Å². The van der Waals surface area contributed by atoms with Gasteiger partial charge in [-0.15, -0.1) is 0 Å². The summed E-state index contributed by atoms with van der Waals surface area (Å²) < 4.78 is 5.12. The van der Waals surface area contributed by atoms with Crippen LogP contribution >= 0.6 is 0 Å². The molecule has 5 nitrogen and oxygen atoms in total. The molecule has 1 unspecified atom stereocenters. The fraction of sp³-hybridized carbons (Fsp3) is 0.636. The molecule has 0 fully saturated rings. The predicted molar refractivity (Wildman–Crippen MR) is 63.7 cm³/mol. The third kappa shape index (κ3) is 3.66. The average Bonchev–Trinajstić information content (AvgIpc) is 2.15. The number of hydrogen-bond acceptors (Lipinski definition) is 4. The summed E-state index contributed by atoms with van der Waals surface area (Å²) in [4.78, 5) is 18.1. The summed E-state index contributed by atoms with van der Waals surface area (Å²) in [5.74, 6) is 1.60. The summed E-state index contributed by atoms with van der Waals surface area (Å²) in [5, 5.41) is 3.20. The first-order chi connectivity index (χ1) is 7.52. The van der Waals surface area contributed by atoms with Crippen molar-refractivity contribution in [2.45, 2.75) is 26.8 Å². The van der Waals surface area contributed by atoms with Crippen LogP contribution in [0.1, 0.15) is 19.7 Å². The van der Waals surface area contributed by atoms with Crippen LogP contribution in [0.3, 0.4) is 0 Å². The molecule has 0 aliphatic carbocycles. The van der Waals surface area contributed by atoms with E-state index in [1.54, 1.807) is 14.0 Å². The second-order valence-corrected chi connectivity index (χ2v) is 4.17. The Kier molecular flexibility index (Phi) is 4.49. The molecule has 1 rings (SSSR count). The summed E-state index contributed by atoms with van der Waals surface area (Å²) in [6.45, 7) is 6.53. The Morgan fingerprint density at radius 2 is 2.25 bits per heavy atom. The number of nitrogens with zero attached hydrogens (tertiary/aromatic N) is 1. The lowest BCUT2D eigenvalue weighted by Crippen LogP contribution is -2.31. The molecular formula is C11H19N3O2. The molecule has 1 heterocycles. The minimum Gasteiger partial charge on any atom is -0.383 e. The molecule has 0 saturated heterocycles. The number of aryl methyl sites for hydroxylation is 1. The van der Waals surface area contributed by atoms with Gasteiger partial charge < -0.3 is 15.0 Å². The summed E-state index contributed by atoms with van der Waals surface area (Å²) in [7, 11) is 1.66. The van der Waals surface area contributed by atoms with Crippen LogP contribution in [-0.2, 0) is 4.74 Å². The number of aromatic nitrogens is 2. The van der Waals surface area contributed by atoms with Crippen LogP contribution in [0, 0.1) is 12.8 Å². The van der Waals surface area contributed by atoms with Crippen molar-refractivity contribution in [1.29, 1.82) is 0 Å². The molecule has 0 bridgehead atoms. The molecule has 0 saturated carbocycles. The number of anilines is 1. The molecule has 5 heteroatoms. The Hall–Kier alpha value is -1.36. The van der Waals surface area contributed by atoms with Gasteiger partial charge in [-0.05, 0) is 12.8 Å². The van der Waals surface area contributed by atoms with Crippen LogP contribution in [0.15, 0.2) is 10.9 Å². The lowest BCUT2D eigenvalue weighted by Gasteiger charge is -2.21. The van der Waals surface area contributed by atoms with E-state index in [0.29, 0.717) is 24.2 Å². The lowest BCUT2D eigenvalue weighted by atomic mass is 10.1. The van der Waals surface area contributed by atoms with E-state index in [4.69, 9.17) is 4.74 Å². The highest BCUT2D eigenvalue weighted by molar-refractivity contribution is 5.34. The largest absolute Gasteiger partial charge is 0.383 e. The zero-order valence-corrected chi connectivity index (χ0v) is 10.2. The Labute approximate surface area is 95.3 Å². The first-order valence-electron chi connectivity index (χ1n) is 5.36. The van der Waals surface area contributed by atoms with Crippen LogP contribution in [-0.4, -0.2) is 29.7 Å². The van der Waals surface area contributed by atoms with Gasteiger partial charge in [-0.3, -0.25) is 4.79 Å². The van der Waals surface area contributed by atoms with E-state index in [9.17, 15) is 4.79 Å². The maximum absolute atomic E-state index is 11.3. The van der Waals surface area contributed by atoms with Crippen molar-refractivity contribution in [3.05, 3.63) is 22.2 Å². The van der Waals surface area contributed by atoms with Gasteiger partial charge in [-0.1, -0.05) is 13.8 Å². The van der Waals surface area contributed by atoms with Crippen molar-refractivity contribution in [3.63, 3.8) is 0 Å². The second-order valence-electron chi connectivity index (χ2n) is 4.17. The molecule has 0 radical (unpaired) electrons. The zero-order chi connectivity index (χ0) is 12.1. The average molecular weight is 225 g/mol. The quantitative estimate of drug-likeness (QED) is 0.789. The van der Waals surface area contributed by atoms with E-state index in [2.05, 4.69) is 29.1 Å². The van der Waals surface area contributed by atoms with Crippen molar-refractivity contribution < 1.29 is 4.74 Å². The molecule has 0 spiro atoms. The van der Waals surface area contributed by atoms with Gasteiger partial charge in [0, 0.05) is 13.2 Å². The highest BCUT2D eigenvalue weighted by Crippen LogP contribution is 2.09. The summed E-state index contributed by atoms with van der Waals surface area (Å²) in [6.07, 6.45) is 0. The molecule has 0 amide bonds. The number of ether oxygens (including phenoxy) is 1. The van der Waals surface area contributed by atoms with E-state index in [0.717, 1.165) is 0 Å². The molecule has 0 aliphatic heterocycles. The molecule has 1 aromatic rings. The molecular weight excluding hydrogens is 206 g/mol. The SMILES string of the molecule is COCC(Nc1cc(=O)[nH]c(C)n1)C(C)C. The minimum absolute atomic E-state index is 0.144. The van der Waals surface area contributed by atoms with Crippen molar-refractivity contribution >= 4 is 5.82 Å². The first kappa shape index (κ1) is 12.7. The number of aromatic amines is 1. The molecule has 0 aliphatic rings. The van der Waals surface area contributed by atoms with Crippen LogP contribution in [0.5, 0.6) is 0 Å². The number of rotatable bonds is 5. The van der Waals surface area contributed by atoms with Crippen LogP contribution in [0.2, 0.25) is 0 Å². The van der Waals surface area contributed by atoms with Gasteiger partial charge in [-0.25, -0.2) is 4.98 Å². The van der Waals surface area contributed by atoms with Gasteiger partial charge in [0.2, 0.25) is 0 Å². The summed E-state index contributed by atoms with van der Waals surface area (Å²) >= 11 is 0. The third-order valence-corrected chi connectivity index (χ3v) is 2.34. The van der Waals surface area contributed by atoms with Gasteiger partial charge in [-0.2, -0.15) is 0 Å². The molecule has 0 aromatic carbocycles. The van der Waals surface area contributed by atoms with Crippen LogP contribution in [0.25, 0.3) is 0 Å². The van der Waals surface area contributed by atoms with E-state index >= 15 is 0 Å². The second kappa shape index (κ2) is 5.65. The smallest absolute Gasteiger partial charge is 0.252 e. The Morgan fingerprint density at radius 1 is 1.56 bits per heavy atom. The van der Waals surface area contributed by atoms with E-state index < -0.39 is 0 Å². The fourth-order valence-corrected chi connectivity index (χ4v) is 1.42. The highest BCUT2D eigenvalue weighted by Gasteiger charge is 2.13. The van der Waals surface area contributed by atoms with Gasteiger partial charge in [0.25, 0.3) is 5.56 Å². The zero-order valence-electron chi connectivity index (χ0n) is 10.2. The Bertz CT molecular complexity index is 387. The van der Waals surface area contributed by atoms with Gasteiger partial charge in [0.15, 0.2) is 0 Å². The molecule has 2 N–H and O–H groups in total. The number of methoxy groups -OCH3 is 1. The van der Waals surface area contributed by atoms with Gasteiger partial charge >= 0.3 is 0 Å².